The van der Waals surface area contributed by atoms with Crippen molar-refractivity contribution in [1.29, 1.82) is 0 Å². The average Bonchev–Trinajstić information content (AvgIpc) is 3.21. The Kier molecular flexibility index (Phi) is 6.14. The van der Waals surface area contributed by atoms with Gasteiger partial charge in [0.05, 0.1) is 13.2 Å². The van der Waals surface area contributed by atoms with Crippen LogP contribution in [0.25, 0.3) is 0 Å². The standard InChI is InChI=1S/C22H20BrF3N4O2/c1-32-16-8-2-13(3-9-16)12-27-21(31)18-11-20-28-17(14-4-6-15(23)7-5-14)10-19(22(24,25)26)30(20)29-18/h2-9,11,17,19,28H,10,12H2,1H3,(H,27,31)/t17-,19-/m1/s1. The van der Waals surface area contributed by atoms with Crippen molar-refractivity contribution in [3.05, 3.63) is 75.9 Å². The minimum atomic E-state index is -4.51. The Balaban J connectivity index is 1.54. The molecule has 168 valence electrons. The summed E-state index contributed by atoms with van der Waals surface area (Å²) in [6.45, 7) is 0.211. The van der Waals surface area contributed by atoms with Crippen molar-refractivity contribution in [3.63, 3.8) is 0 Å². The summed E-state index contributed by atoms with van der Waals surface area (Å²) >= 11 is 3.33. The van der Waals surface area contributed by atoms with Crippen molar-refractivity contribution in [3.8, 4) is 5.75 Å². The van der Waals surface area contributed by atoms with E-state index in [2.05, 4.69) is 31.7 Å². The molecule has 2 atom stereocenters. The third-order valence-corrected chi connectivity index (χ3v) is 5.84. The zero-order chi connectivity index (χ0) is 22.9. The molecule has 0 spiro atoms. The number of carbonyl (C=O) groups is 1. The predicted molar refractivity (Wildman–Crippen MR) is 117 cm³/mol. The summed E-state index contributed by atoms with van der Waals surface area (Å²) < 4.78 is 48.2. The lowest BCUT2D eigenvalue weighted by Crippen LogP contribution is -2.35. The molecule has 0 radical (unpaired) electrons. The number of hydrogen-bond donors (Lipinski definition) is 2. The minimum absolute atomic E-state index is 0.0771. The van der Waals surface area contributed by atoms with Crippen LogP contribution >= 0.6 is 15.9 Å². The zero-order valence-electron chi connectivity index (χ0n) is 17.0. The van der Waals surface area contributed by atoms with Crippen LogP contribution < -0.4 is 15.4 Å². The Bertz CT molecular complexity index is 1100. The number of methoxy groups -OCH3 is 1. The summed E-state index contributed by atoms with van der Waals surface area (Å²) in [7, 11) is 1.56. The van der Waals surface area contributed by atoms with Crippen LogP contribution in [-0.2, 0) is 6.54 Å². The van der Waals surface area contributed by atoms with Gasteiger partial charge in [-0.1, -0.05) is 40.2 Å². The highest BCUT2D eigenvalue weighted by Crippen LogP contribution is 2.43. The lowest BCUT2D eigenvalue weighted by molar-refractivity contribution is -0.173. The first-order valence-electron chi connectivity index (χ1n) is 9.84. The van der Waals surface area contributed by atoms with Gasteiger partial charge in [-0.25, -0.2) is 4.68 Å². The fraction of sp³-hybridized carbons (Fsp3) is 0.273. The van der Waals surface area contributed by atoms with Gasteiger partial charge in [0.15, 0.2) is 11.7 Å². The van der Waals surface area contributed by atoms with Crippen molar-refractivity contribution in [2.45, 2.75) is 31.2 Å². The fourth-order valence-electron chi connectivity index (χ4n) is 3.61. The average molecular weight is 509 g/mol. The molecule has 0 saturated carbocycles. The first-order valence-corrected chi connectivity index (χ1v) is 10.6. The zero-order valence-corrected chi connectivity index (χ0v) is 18.6. The molecule has 3 aromatic rings. The van der Waals surface area contributed by atoms with Gasteiger partial charge in [0.2, 0.25) is 0 Å². The maximum atomic E-state index is 13.8. The molecule has 0 fully saturated rings. The molecule has 1 aliphatic heterocycles. The number of anilines is 1. The van der Waals surface area contributed by atoms with Crippen molar-refractivity contribution in [2.24, 2.45) is 0 Å². The Morgan fingerprint density at radius 1 is 1.22 bits per heavy atom. The first-order chi connectivity index (χ1) is 15.2. The summed E-state index contributed by atoms with van der Waals surface area (Å²) in [5.74, 6) is 0.290. The van der Waals surface area contributed by atoms with E-state index in [1.807, 2.05) is 0 Å². The predicted octanol–water partition coefficient (Wildman–Crippen LogP) is 5.24. The van der Waals surface area contributed by atoms with Crippen LogP contribution in [0.3, 0.4) is 0 Å². The number of nitrogens with zero attached hydrogens (tertiary/aromatic N) is 2. The Hall–Kier alpha value is -3.01. The van der Waals surface area contributed by atoms with Gasteiger partial charge in [0.25, 0.3) is 5.91 Å². The smallest absolute Gasteiger partial charge is 0.410 e. The van der Waals surface area contributed by atoms with Gasteiger partial charge >= 0.3 is 6.18 Å². The number of fused-ring (bicyclic) bond motifs is 1. The van der Waals surface area contributed by atoms with Crippen LogP contribution in [0, 0.1) is 0 Å². The molecule has 1 amide bonds. The summed E-state index contributed by atoms with van der Waals surface area (Å²) in [4.78, 5) is 12.6. The number of alkyl halides is 3. The molecular weight excluding hydrogens is 489 g/mol. The van der Waals surface area contributed by atoms with E-state index >= 15 is 0 Å². The second kappa shape index (κ2) is 8.85. The van der Waals surface area contributed by atoms with E-state index in [4.69, 9.17) is 4.74 Å². The summed E-state index contributed by atoms with van der Waals surface area (Å²) in [5.41, 5.74) is 1.47. The maximum absolute atomic E-state index is 13.8. The number of hydrogen-bond acceptors (Lipinski definition) is 4. The number of halogens is 4. The maximum Gasteiger partial charge on any atom is 0.410 e. The molecule has 4 rings (SSSR count). The Labute approximate surface area is 190 Å². The minimum Gasteiger partial charge on any atom is -0.497 e. The molecule has 2 aromatic carbocycles. The molecule has 2 heterocycles. The van der Waals surface area contributed by atoms with E-state index in [1.54, 1.807) is 55.6 Å². The monoisotopic (exact) mass is 508 g/mol. The van der Waals surface area contributed by atoms with E-state index in [0.717, 1.165) is 20.3 Å². The van der Waals surface area contributed by atoms with Crippen LogP contribution in [0.15, 0.2) is 59.1 Å². The van der Waals surface area contributed by atoms with Gasteiger partial charge < -0.3 is 15.4 Å². The van der Waals surface area contributed by atoms with Gasteiger partial charge in [-0.05, 0) is 35.4 Å². The Morgan fingerprint density at radius 2 is 1.91 bits per heavy atom. The van der Waals surface area contributed by atoms with Crippen molar-refractivity contribution in [1.82, 2.24) is 15.1 Å². The topological polar surface area (TPSA) is 68.2 Å². The second-order valence-corrected chi connectivity index (χ2v) is 8.35. The highest BCUT2D eigenvalue weighted by molar-refractivity contribution is 9.10. The molecular formula is C22H20BrF3N4O2. The molecule has 6 nitrogen and oxygen atoms in total. The van der Waals surface area contributed by atoms with Crippen LogP contribution in [0.4, 0.5) is 19.0 Å². The molecule has 32 heavy (non-hydrogen) atoms. The molecule has 10 heteroatoms. The molecule has 1 aromatic heterocycles. The highest BCUT2D eigenvalue weighted by atomic mass is 79.9. The number of ether oxygens (including phenoxy) is 1. The lowest BCUT2D eigenvalue weighted by Gasteiger charge is -2.33. The number of rotatable bonds is 5. The third-order valence-electron chi connectivity index (χ3n) is 5.31. The lowest BCUT2D eigenvalue weighted by atomic mass is 9.97. The van der Waals surface area contributed by atoms with Crippen LogP contribution in [0.5, 0.6) is 5.75 Å². The summed E-state index contributed by atoms with van der Waals surface area (Å²) in [5, 5.41) is 9.76. The molecule has 1 aliphatic rings. The molecule has 0 bridgehead atoms. The quantitative estimate of drug-likeness (QED) is 0.494. The van der Waals surface area contributed by atoms with Gasteiger partial charge in [0.1, 0.15) is 11.6 Å². The van der Waals surface area contributed by atoms with E-state index in [0.29, 0.717) is 5.75 Å². The molecule has 2 N–H and O–H groups in total. The SMILES string of the molecule is COc1ccc(CNC(=O)c2cc3n(n2)[C@@H](C(F)(F)F)C[C@H](c2ccc(Br)cc2)N3)cc1. The summed E-state index contributed by atoms with van der Waals surface area (Å²) in [6, 6.07) is 13.2. The van der Waals surface area contributed by atoms with Crippen LogP contribution in [0.2, 0.25) is 0 Å². The van der Waals surface area contributed by atoms with Gasteiger partial charge in [-0.15, -0.1) is 0 Å². The normalized spacial score (nSPS) is 17.9. The van der Waals surface area contributed by atoms with E-state index in [-0.39, 0.29) is 24.5 Å². The largest absolute Gasteiger partial charge is 0.497 e. The molecule has 0 unspecified atom stereocenters. The van der Waals surface area contributed by atoms with Crippen molar-refractivity contribution >= 4 is 27.7 Å². The number of nitrogens with one attached hydrogen (secondary N) is 2. The van der Waals surface area contributed by atoms with Crippen molar-refractivity contribution in [2.75, 3.05) is 12.4 Å². The third kappa shape index (κ3) is 4.74. The highest BCUT2D eigenvalue weighted by Gasteiger charge is 2.46. The number of carbonyl (C=O) groups excluding carboxylic acids is 1. The molecule has 0 aliphatic carbocycles. The van der Waals surface area contributed by atoms with E-state index < -0.39 is 24.2 Å². The Morgan fingerprint density at radius 3 is 2.53 bits per heavy atom. The second-order valence-electron chi connectivity index (χ2n) is 7.43. The first kappa shape index (κ1) is 22.2. The van der Waals surface area contributed by atoms with E-state index in [9.17, 15) is 18.0 Å². The van der Waals surface area contributed by atoms with Crippen LogP contribution in [-0.4, -0.2) is 29.0 Å². The van der Waals surface area contributed by atoms with Gasteiger partial charge in [0, 0.05) is 23.5 Å². The summed E-state index contributed by atoms with van der Waals surface area (Å²) in [6.07, 6.45) is -4.74. The van der Waals surface area contributed by atoms with Gasteiger partial charge in [-0.2, -0.15) is 18.3 Å². The van der Waals surface area contributed by atoms with Crippen LogP contribution in [0.1, 0.15) is 40.1 Å². The number of amides is 1. The number of aromatic nitrogens is 2. The molecule has 0 saturated heterocycles. The van der Waals surface area contributed by atoms with Crippen molar-refractivity contribution < 1.29 is 22.7 Å². The van der Waals surface area contributed by atoms with E-state index in [1.165, 1.54) is 6.07 Å². The fourth-order valence-corrected chi connectivity index (χ4v) is 3.88. The number of benzene rings is 2. The van der Waals surface area contributed by atoms with Gasteiger partial charge in [-0.3, -0.25) is 4.79 Å².